The Labute approximate surface area is 93.7 Å². The molecule has 1 amide bonds. The van der Waals surface area contributed by atoms with Crippen molar-refractivity contribution < 1.29 is 15.0 Å². The highest BCUT2D eigenvalue weighted by molar-refractivity contribution is 5.72. The number of carbonyl (C=O) groups is 1. The molecule has 0 saturated heterocycles. The molecule has 6 nitrogen and oxygen atoms in total. The van der Waals surface area contributed by atoms with Crippen LogP contribution in [0.15, 0.2) is 6.20 Å². The highest BCUT2D eigenvalue weighted by atomic mass is 16.3. The summed E-state index contributed by atoms with van der Waals surface area (Å²) in [7, 11) is 0. The SMILES string of the molecule is CC(=O)NCCC(O)C(O)c1cnc(C)[nH]1. The molecule has 1 rings (SSSR count). The first kappa shape index (κ1) is 12.7. The maximum atomic E-state index is 10.6. The van der Waals surface area contributed by atoms with Crippen LogP contribution < -0.4 is 5.32 Å². The van der Waals surface area contributed by atoms with Crippen molar-refractivity contribution in [2.75, 3.05) is 6.54 Å². The molecule has 0 fully saturated rings. The van der Waals surface area contributed by atoms with E-state index in [4.69, 9.17) is 0 Å². The molecule has 2 atom stereocenters. The number of aliphatic hydroxyl groups is 2. The zero-order valence-corrected chi connectivity index (χ0v) is 9.40. The summed E-state index contributed by atoms with van der Waals surface area (Å²) in [6.07, 6.45) is -0.151. The van der Waals surface area contributed by atoms with Gasteiger partial charge in [0.15, 0.2) is 0 Å². The molecule has 0 aliphatic heterocycles. The number of nitrogens with zero attached hydrogens (tertiary/aromatic N) is 1. The molecular weight excluding hydrogens is 210 g/mol. The van der Waals surface area contributed by atoms with Gasteiger partial charge in [-0.05, 0) is 13.3 Å². The second kappa shape index (κ2) is 5.62. The lowest BCUT2D eigenvalue weighted by atomic mass is 10.1. The van der Waals surface area contributed by atoms with E-state index in [1.807, 2.05) is 0 Å². The fraction of sp³-hybridized carbons (Fsp3) is 0.600. The number of aryl methyl sites for hydroxylation is 1. The summed E-state index contributed by atoms with van der Waals surface area (Å²) in [4.78, 5) is 17.4. The maximum Gasteiger partial charge on any atom is 0.216 e. The second-order valence-electron chi connectivity index (χ2n) is 3.71. The van der Waals surface area contributed by atoms with E-state index >= 15 is 0 Å². The Morgan fingerprint density at radius 3 is 2.81 bits per heavy atom. The van der Waals surface area contributed by atoms with Crippen molar-refractivity contribution in [2.24, 2.45) is 0 Å². The van der Waals surface area contributed by atoms with Crippen LogP contribution in [0.25, 0.3) is 0 Å². The van der Waals surface area contributed by atoms with Gasteiger partial charge in [0.1, 0.15) is 11.9 Å². The van der Waals surface area contributed by atoms with Gasteiger partial charge in [0.25, 0.3) is 0 Å². The Bertz CT molecular complexity index is 351. The van der Waals surface area contributed by atoms with Crippen molar-refractivity contribution in [2.45, 2.75) is 32.5 Å². The number of carbonyl (C=O) groups excluding carboxylic acids is 1. The van der Waals surface area contributed by atoms with Crippen molar-refractivity contribution in [3.05, 3.63) is 17.7 Å². The Morgan fingerprint density at radius 1 is 1.62 bits per heavy atom. The topological polar surface area (TPSA) is 98.2 Å². The fourth-order valence-corrected chi connectivity index (χ4v) is 1.35. The van der Waals surface area contributed by atoms with Crippen LogP contribution in [-0.2, 0) is 4.79 Å². The highest BCUT2D eigenvalue weighted by Crippen LogP contribution is 2.16. The lowest BCUT2D eigenvalue weighted by Gasteiger charge is -2.16. The lowest BCUT2D eigenvalue weighted by molar-refractivity contribution is -0.119. The van der Waals surface area contributed by atoms with Crippen LogP contribution in [0.2, 0.25) is 0 Å². The van der Waals surface area contributed by atoms with Crippen molar-refractivity contribution in [3.63, 3.8) is 0 Å². The third-order valence-electron chi connectivity index (χ3n) is 2.22. The predicted molar refractivity (Wildman–Crippen MR) is 57.6 cm³/mol. The van der Waals surface area contributed by atoms with E-state index in [-0.39, 0.29) is 5.91 Å². The zero-order chi connectivity index (χ0) is 12.1. The van der Waals surface area contributed by atoms with Crippen LogP contribution in [0.5, 0.6) is 0 Å². The van der Waals surface area contributed by atoms with Gasteiger partial charge in [0.2, 0.25) is 5.91 Å². The zero-order valence-electron chi connectivity index (χ0n) is 9.40. The third-order valence-corrected chi connectivity index (χ3v) is 2.22. The molecule has 6 heteroatoms. The highest BCUT2D eigenvalue weighted by Gasteiger charge is 2.19. The van der Waals surface area contributed by atoms with Crippen LogP contribution in [0, 0.1) is 6.92 Å². The maximum absolute atomic E-state index is 10.6. The first-order valence-corrected chi connectivity index (χ1v) is 5.12. The van der Waals surface area contributed by atoms with Gasteiger partial charge < -0.3 is 20.5 Å². The number of hydrogen-bond acceptors (Lipinski definition) is 4. The Hall–Kier alpha value is -1.40. The number of amides is 1. The standard InChI is InChI=1S/C10H17N3O3/c1-6-12-5-8(13-6)10(16)9(15)3-4-11-7(2)14/h5,9-10,15-16H,3-4H2,1-2H3,(H,11,14)(H,12,13). The van der Waals surface area contributed by atoms with Crippen molar-refractivity contribution in [1.29, 1.82) is 0 Å². The van der Waals surface area contributed by atoms with Crippen LogP contribution in [-0.4, -0.2) is 38.7 Å². The normalized spacial score (nSPS) is 14.5. The summed E-state index contributed by atoms with van der Waals surface area (Å²) in [5.41, 5.74) is 0.479. The summed E-state index contributed by atoms with van der Waals surface area (Å²) in [5.74, 6) is 0.530. The molecule has 2 unspecified atom stereocenters. The molecule has 0 spiro atoms. The van der Waals surface area contributed by atoms with Crippen LogP contribution in [0.3, 0.4) is 0 Å². The number of nitrogens with one attached hydrogen (secondary N) is 2. The van der Waals surface area contributed by atoms with E-state index in [0.717, 1.165) is 0 Å². The molecular formula is C10H17N3O3. The van der Waals surface area contributed by atoms with Gasteiger partial charge in [-0.1, -0.05) is 0 Å². The molecule has 1 aromatic heterocycles. The molecule has 90 valence electrons. The Morgan fingerprint density at radius 2 is 2.31 bits per heavy atom. The molecule has 4 N–H and O–H groups in total. The molecule has 1 heterocycles. The Balaban J connectivity index is 2.41. The molecule has 0 bridgehead atoms. The van der Waals surface area contributed by atoms with E-state index in [9.17, 15) is 15.0 Å². The van der Waals surface area contributed by atoms with Crippen molar-refractivity contribution >= 4 is 5.91 Å². The summed E-state index contributed by atoms with van der Waals surface area (Å²) < 4.78 is 0. The summed E-state index contributed by atoms with van der Waals surface area (Å²) in [6.45, 7) is 3.50. The summed E-state index contributed by atoms with van der Waals surface area (Å²) >= 11 is 0. The fourth-order valence-electron chi connectivity index (χ4n) is 1.35. The molecule has 1 aromatic rings. The van der Waals surface area contributed by atoms with Gasteiger partial charge in [0, 0.05) is 13.5 Å². The minimum Gasteiger partial charge on any atom is -0.390 e. The van der Waals surface area contributed by atoms with Crippen LogP contribution in [0.4, 0.5) is 0 Å². The largest absolute Gasteiger partial charge is 0.390 e. The van der Waals surface area contributed by atoms with E-state index in [0.29, 0.717) is 24.5 Å². The molecule has 16 heavy (non-hydrogen) atoms. The average Bonchev–Trinajstić information content (AvgIpc) is 2.63. The number of H-pyrrole nitrogens is 1. The number of aliphatic hydroxyl groups excluding tert-OH is 2. The third kappa shape index (κ3) is 3.63. The van der Waals surface area contributed by atoms with Crippen molar-refractivity contribution in [3.8, 4) is 0 Å². The Kier molecular flexibility index (Phi) is 4.45. The number of imidazole rings is 1. The predicted octanol–water partition coefficient (Wildman–Crippen LogP) is -0.361. The quantitative estimate of drug-likeness (QED) is 0.552. The van der Waals surface area contributed by atoms with E-state index in [1.54, 1.807) is 6.92 Å². The molecule has 0 saturated carbocycles. The van der Waals surface area contributed by atoms with Crippen LogP contribution in [0.1, 0.15) is 31.0 Å². The number of hydrogen-bond donors (Lipinski definition) is 4. The summed E-state index contributed by atoms with van der Waals surface area (Å²) in [6, 6.07) is 0. The van der Waals surface area contributed by atoms with Gasteiger partial charge in [0.05, 0.1) is 18.0 Å². The molecule has 0 aromatic carbocycles. The second-order valence-corrected chi connectivity index (χ2v) is 3.71. The molecule has 0 radical (unpaired) electrons. The summed E-state index contributed by atoms with van der Waals surface area (Å²) in [5, 5.41) is 21.9. The van der Waals surface area contributed by atoms with Gasteiger partial charge in [-0.15, -0.1) is 0 Å². The first-order chi connectivity index (χ1) is 7.50. The minimum absolute atomic E-state index is 0.154. The number of aromatic nitrogens is 2. The number of rotatable bonds is 5. The first-order valence-electron chi connectivity index (χ1n) is 5.12. The van der Waals surface area contributed by atoms with Crippen LogP contribution >= 0.6 is 0 Å². The van der Waals surface area contributed by atoms with E-state index < -0.39 is 12.2 Å². The van der Waals surface area contributed by atoms with E-state index in [1.165, 1.54) is 13.1 Å². The average molecular weight is 227 g/mol. The van der Waals surface area contributed by atoms with Crippen molar-refractivity contribution in [1.82, 2.24) is 15.3 Å². The van der Waals surface area contributed by atoms with Gasteiger partial charge in [-0.2, -0.15) is 0 Å². The molecule has 0 aliphatic carbocycles. The monoisotopic (exact) mass is 227 g/mol. The minimum atomic E-state index is -1.00. The number of aromatic amines is 1. The van der Waals surface area contributed by atoms with Gasteiger partial charge in [-0.3, -0.25) is 4.79 Å². The van der Waals surface area contributed by atoms with Gasteiger partial charge >= 0.3 is 0 Å². The lowest BCUT2D eigenvalue weighted by Crippen LogP contribution is -2.27. The smallest absolute Gasteiger partial charge is 0.216 e. The molecule has 0 aliphatic rings. The van der Waals surface area contributed by atoms with Gasteiger partial charge in [-0.25, -0.2) is 4.98 Å². The van der Waals surface area contributed by atoms with E-state index in [2.05, 4.69) is 15.3 Å².